The van der Waals surface area contributed by atoms with E-state index in [2.05, 4.69) is 10.3 Å². The third kappa shape index (κ3) is 5.55. The number of benzene rings is 3. The van der Waals surface area contributed by atoms with E-state index < -0.39 is 5.25 Å². The van der Waals surface area contributed by atoms with Gasteiger partial charge >= 0.3 is 0 Å². The fraction of sp³-hybridized carbons (Fsp3) is 0.125. The van der Waals surface area contributed by atoms with E-state index in [1.54, 1.807) is 29.2 Å². The summed E-state index contributed by atoms with van der Waals surface area (Å²) in [5.41, 5.74) is 2.03. The summed E-state index contributed by atoms with van der Waals surface area (Å²) in [6.07, 6.45) is 0.0410. The highest BCUT2D eigenvalue weighted by Gasteiger charge is 2.36. The largest absolute Gasteiger partial charge is 0.325 e. The van der Waals surface area contributed by atoms with Crippen LogP contribution in [0.3, 0.4) is 0 Å². The van der Waals surface area contributed by atoms with E-state index >= 15 is 0 Å². The zero-order valence-corrected chi connectivity index (χ0v) is 18.4. The van der Waals surface area contributed by atoms with Crippen LogP contribution >= 0.6 is 23.4 Å². The highest BCUT2D eigenvalue weighted by Crippen LogP contribution is 2.31. The number of nitrogens with zero attached hydrogens (tertiary/aromatic N) is 2. The first-order chi connectivity index (χ1) is 15.5. The molecule has 0 spiro atoms. The van der Waals surface area contributed by atoms with Crippen molar-refractivity contribution < 1.29 is 14.0 Å². The Balaban J connectivity index is 1.58. The molecule has 0 aromatic heterocycles. The van der Waals surface area contributed by atoms with Gasteiger partial charge in [0.25, 0.3) is 0 Å². The van der Waals surface area contributed by atoms with Crippen molar-refractivity contribution >= 4 is 51.7 Å². The molecule has 1 atom stereocenters. The quantitative estimate of drug-likeness (QED) is 0.528. The first kappa shape index (κ1) is 22.0. The Morgan fingerprint density at radius 1 is 1.06 bits per heavy atom. The number of anilines is 1. The van der Waals surface area contributed by atoms with E-state index in [0.29, 0.717) is 28.1 Å². The van der Waals surface area contributed by atoms with Crippen LogP contribution in [0.4, 0.5) is 15.8 Å². The average molecular weight is 468 g/mol. The molecule has 1 heterocycles. The van der Waals surface area contributed by atoms with Gasteiger partial charge in [0.2, 0.25) is 11.8 Å². The van der Waals surface area contributed by atoms with Crippen LogP contribution in [0, 0.1) is 5.82 Å². The van der Waals surface area contributed by atoms with Crippen LogP contribution < -0.4 is 5.32 Å². The minimum absolute atomic E-state index is 0.0410. The maximum absolute atomic E-state index is 13.3. The van der Waals surface area contributed by atoms with Gasteiger partial charge in [-0.3, -0.25) is 14.5 Å². The van der Waals surface area contributed by atoms with Crippen LogP contribution in [-0.4, -0.2) is 27.1 Å². The zero-order valence-electron chi connectivity index (χ0n) is 16.9. The molecule has 0 aliphatic carbocycles. The molecule has 3 aromatic carbocycles. The van der Waals surface area contributed by atoms with Crippen molar-refractivity contribution in [2.45, 2.75) is 18.2 Å². The number of nitrogens with one attached hydrogen (secondary N) is 1. The molecule has 0 radical (unpaired) electrons. The molecular weight excluding hydrogens is 449 g/mol. The highest BCUT2D eigenvalue weighted by atomic mass is 35.5. The Morgan fingerprint density at radius 3 is 2.44 bits per heavy atom. The molecule has 1 unspecified atom stereocenters. The molecule has 1 saturated heterocycles. The molecule has 1 aliphatic heterocycles. The molecular formula is C24H19ClFN3O2S. The van der Waals surface area contributed by atoms with Crippen molar-refractivity contribution in [2.24, 2.45) is 4.99 Å². The van der Waals surface area contributed by atoms with Gasteiger partial charge in [0, 0.05) is 17.1 Å². The normalized spacial score (nSPS) is 17.4. The lowest BCUT2D eigenvalue weighted by atomic mass is 10.2. The average Bonchev–Trinajstić information content (AvgIpc) is 2.79. The second-order valence-electron chi connectivity index (χ2n) is 7.14. The van der Waals surface area contributed by atoms with Gasteiger partial charge in [-0.1, -0.05) is 53.7 Å². The van der Waals surface area contributed by atoms with Crippen LogP contribution in [0.25, 0.3) is 0 Å². The molecule has 32 heavy (non-hydrogen) atoms. The van der Waals surface area contributed by atoms with Crippen molar-refractivity contribution in [3.05, 3.63) is 95.3 Å². The second kappa shape index (κ2) is 9.97. The Hall–Kier alpha value is -3.16. The lowest BCUT2D eigenvalue weighted by molar-refractivity contribution is -0.129. The Morgan fingerprint density at radius 2 is 1.75 bits per heavy atom. The van der Waals surface area contributed by atoms with Gasteiger partial charge in [0.05, 0.1) is 12.2 Å². The van der Waals surface area contributed by atoms with Gasteiger partial charge in [-0.05, 0) is 54.1 Å². The summed E-state index contributed by atoms with van der Waals surface area (Å²) in [6, 6.07) is 22.0. The van der Waals surface area contributed by atoms with E-state index in [-0.39, 0.29) is 24.1 Å². The third-order valence-corrected chi connectivity index (χ3v) is 6.22. The summed E-state index contributed by atoms with van der Waals surface area (Å²) in [7, 11) is 0. The summed E-state index contributed by atoms with van der Waals surface area (Å²) in [6.45, 7) is 0.332. The van der Waals surface area contributed by atoms with Gasteiger partial charge in [-0.2, -0.15) is 0 Å². The number of carbonyl (C=O) groups is 2. The number of halogens is 2. The Labute approximate surface area is 194 Å². The van der Waals surface area contributed by atoms with Crippen LogP contribution in [0.2, 0.25) is 5.02 Å². The third-order valence-electron chi connectivity index (χ3n) is 4.78. The first-order valence-corrected chi connectivity index (χ1v) is 11.2. The summed E-state index contributed by atoms with van der Waals surface area (Å²) >= 11 is 7.11. The summed E-state index contributed by atoms with van der Waals surface area (Å²) in [5.74, 6) is -0.871. The number of carbonyl (C=O) groups excluding carboxylic acids is 2. The maximum Gasteiger partial charge on any atom is 0.238 e. The molecule has 2 amide bonds. The van der Waals surface area contributed by atoms with Crippen molar-refractivity contribution in [3.8, 4) is 0 Å². The topological polar surface area (TPSA) is 61.8 Å². The number of hydrogen-bond acceptors (Lipinski definition) is 4. The predicted molar refractivity (Wildman–Crippen MR) is 127 cm³/mol. The van der Waals surface area contributed by atoms with E-state index in [0.717, 1.165) is 5.56 Å². The molecule has 4 rings (SSSR count). The number of aliphatic imine (C=N–C) groups is 1. The second-order valence-corrected chi connectivity index (χ2v) is 8.75. The van der Waals surface area contributed by atoms with E-state index in [9.17, 15) is 14.0 Å². The SMILES string of the molecule is O=C(Nc1ccc(Cl)cc1)C1CC(=O)N(Cc2ccccc2)C(=Nc2ccc(F)cc2)S1. The molecule has 162 valence electrons. The molecule has 1 fully saturated rings. The molecule has 3 aromatic rings. The van der Waals surface area contributed by atoms with Crippen molar-refractivity contribution in [2.75, 3.05) is 5.32 Å². The minimum Gasteiger partial charge on any atom is -0.325 e. The number of amidine groups is 1. The summed E-state index contributed by atoms with van der Waals surface area (Å²) < 4.78 is 13.3. The molecule has 0 saturated carbocycles. The van der Waals surface area contributed by atoms with Crippen molar-refractivity contribution in [3.63, 3.8) is 0 Å². The van der Waals surface area contributed by atoms with Gasteiger partial charge < -0.3 is 5.32 Å². The Bertz CT molecular complexity index is 1140. The van der Waals surface area contributed by atoms with Gasteiger partial charge in [0.15, 0.2) is 5.17 Å². The number of amides is 2. The standard InChI is InChI=1S/C24H19ClFN3O2S/c25-17-6-10-19(11-7-17)27-23(31)21-14-22(30)29(15-16-4-2-1-3-5-16)24(32-21)28-20-12-8-18(26)9-13-20/h1-13,21H,14-15H2,(H,27,31). The number of hydrogen-bond donors (Lipinski definition) is 1. The highest BCUT2D eigenvalue weighted by molar-refractivity contribution is 8.15. The first-order valence-electron chi connectivity index (χ1n) is 9.89. The lowest BCUT2D eigenvalue weighted by Crippen LogP contribution is -2.44. The Kier molecular flexibility index (Phi) is 6.87. The summed E-state index contributed by atoms with van der Waals surface area (Å²) in [4.78, 5) is 32.0. The van der Waals surface area contributed by atoms with Crippen LogP contribution in [-0.2, 0) is 16.1 Å². The molecule has 1 aliphatic rings. The maximum atomic E-state index is 13.3. The number of thioether (sulfide) groups is 1. The molecule has 5 nitrogen and oxygen atoms in total. The van der Waals surface area contributed by atoms with E-state index in [4.69, 9.17) is 11.6 Å². The zero-order chi connectivity index (χ0) is 22.5. The lowest BCUT2D eigenvalue weighted by Gasteiger charge is -2.32. The van der Waals surface area contributed by atoms with Crippen LogP contribution in [0.15, 0.2) is 83.9 Å². The molecule has 1 N–H and O–H groups in total. The fourth-order valence-corrected chi connectivity index (χ4v) is 4.37. The number of rotatable bonds is 5. The van der Waals surface area contributed by atoms with Gasteiger partial charge in [0.1, 0.15) is 11.1 Å². The fourth-order valence-electron chi connectivity index (χ4n) is 3.14. The van der Waals surface area contributed by atoms with Crippen molar-refractivity contribution in [1.29, 1.82) is 0 Å². The van der Waals surface area contributed by atoms with Crippen LogP contribution in [0.5, 0.6) is 0 Å². The van der Waals surface area contributed by atoms with E-state index in [1.165, 1.54) is 36.0 Å². The summed E-state index contributed by atoms with van der Waals surface area (Å²) in [5, 5.41) is 3.13. The predicted octanol–water partition coefficient (Wildman–Crippen LogP) is 5.64. The minimum atomic E-state index is -0.649. The van der Waals surface area contributed by atoms with Gasteiger partial charge in [-0.15, -0.1) is 0 Å². The van der Waals surface area contributed by atoms with E-state index in [1.807, 2.05) is 30.3 Å². The monoisotopic (exact) mass is 467 g/mol. The van der Waals surface area contributed by atoms with Crippen LogP contribution in [0.1, 0.15) is 12.0 Å². The smallest absolute Gasteiger partial charge is 0.238 e. The van der Waals surface area contributed by atoms with Gasteiger partial charge in [-0.25, -0.2) is 9.38 Å². The molecule has 0 bridgehead atoms. The van der Waals surface area contributed by atoms with Crippen molar-refractivity contribution in [1.82, 2.24) is 4.90 Å². The molecule has 8 heteroatoms.